The molecule has 0 unspecified atom stereocenters. The molecule has 1 aromatic rings. The standard InChI is InChI=1S/C19H24N2O4S2/c1-13(2)19(3,12-20)21-16(22)10-25-17(23)11-24-15-7-5-4-6-14(15)18-26-8-9-27-18/h4-7,13,18H,8-11H2,1-3H3,(H,21,22)/t19-/m0/s1. The second-order valence-corrected chi connectivity index (χ2v) is 9.30. The molecule has 1 amide bonds. The van der Waals surface area contributed by atoms with Crippen molar-refractivity contribution in [2.45, 2.75) is 30.9 Å². The molecule has 0 spiro atoms. The zero-order chi connectivity index (χ0) is 19.9. The second kappa shape index (κ2) is 9.90. The smallest absolute Gasteiger partial charge is 0.344 e. The van der Waals surface area contributed by atoms with Crippen LogP contribution in [0.1, 0.15) is 30.9 Å². The van der Waals surface area contributed by atoms with Gasteiger partial charge >= 0.3 is 5.97 Å². The predicted molar refractivity (Wildman–Crippen MR) is 108 cm³/mol. The van der Waals surface area contributed by atoms with Gasteiger partial charge < -0.3 is 14.8 Å². The minimum atomic E-state index is -1.00. The van der Waals surface area contributed by atoms with E-state index in [0.717, 1.165) is 17.1 Å². The van der Waals surface area contributed by atoms with Crippen molar-refractivity contribution < 1.29 is 19.1 Å². The minimum absolute atomic E-state index is 0.0756. The number of esters is 1. The van der Waals surface area contributed by atoms with Gasteiger partial charge in [0.25, 0.3) is 5.91 Å². The quantitative estimate of drug-likeness (QED) is 0.661. The van der Waals surface area contributed by atoms with Gasteiger partial charge in [0.1, 0.15) is 11.3 Å². The second-order valence-electron chi connectivity index (χ2n) is 6.58. The number of carbonyl (C=O) groups excluding carboxylic acids is 2. The first-order chi connectivity index (χ1) is 12.9. The molecule has 1 fully saturated rings. The third-order valence-electron chi connectivity index (χ3n) is 4.29. The Morgan fingerprint density at radius 2 is 1.96 bits per heavy atom. The Morgan fingerprint density at radius 3 is 2.59 bits per heavy atom. The van der Waals surface area contributed by atoms with Crippen LogP contribution in [0.25, 0.3) is 0 Å². The Morgan fingerprint density at radius 1 is 1.30 bits per heavy atom. The van der Waals surface area contributed by atoms with Crippen molar-refractivity contribution in [3.05, 3.63) is 29.8 Å². The number of rotatable bonds is 8. The summed E-state index contributed by atoms with van der Waals surface area (Å²) in [4.78, 5) is 23.9. The van der Waals surface area contributed by atoms with Gasteiger partial charge in [0, 0.05) is 17.1 Å². The molecule has 6 nitrogen and oxygen atoms in total. The molecule has 1 aliphatic rings. The van der Waals surface area contributed by atoms with Gasteiger partial charge in [0.05, 0.1) is 10.7 Å². The first-order valence-electron chi connectivity index (χ1n) is 8.68. The number of thioether (sulfide) groups is 2. The molecule has 0 aromatic heterocycles. The molecule has 0 radical (unpaired) electrons. The minimum Gasteiger partial charge on any atom is -0.482 e. The maximum Gasteiger partial charge on any atom is 0.344 e. The average molecular weight is 409 g/mol. The Bertz CT molecular complexity index is 714. The summed E-state index contributed by atoms with van der Waals surface area (Å²) in [7, 11) is 0. The van der Waals surface area contributed by atoms with Gasteiger partial charge in [-0.25, -0.2) is 4.79 Å². The van der Waals surface area contributed by atoms with Gasteiger partial charge in [-0.1, -0.05) is 32.0 Å². The largest absolute Gasteiger partial charge is 0.482 e. The van der Waals surface area contributed by atoms with E-state index in [1.165, 1.54) is 0 Å². The Labute approximate surface area is 168 Å². The molecule has 1 atom stereocenters. The number of nitrogens with one attached hydrogen (secondary N) is 1. The van der Waals surface area contributed by atoms with E-state index in [9.17, 15) is 14.9 Å². The van der Waals surface area contributed by atoms with Crippen molar-refractivity contribution in [3.63, 3.8) is 0 Å². The van der Waals surface area contributed by atoms with Crippen molar-refractivity contribution in [1.29, 1.82) is 5.26 Å². The predicted octanol–water partition coefficient (Wildman–Crippen LogP) is 3.14. The van der Waals surface area contributed by atoms with Crippen LogP contribution in [0, 0.1) is 17.2 Å². The van der Waals surface area contributed by atoms with Crippen LogP contribution in [-0.4, -0.2) is 42.1 Å². The molecule has 1 aliphatic heterocycles. The van der Waals surface area contributed by atoms with Gasteiger partial charge in [-0.3, -0.25) is 4.79 Å². The Hall–Kier alpha value is -1.85. The lowest BCUT2D eigenvalue weighted by molar-refractivity contribution is -0.150. The Kier molecular flexibility index (Phi) is 7.87. The third-order valence-corrected chi connectivity index (χ3v) is 7.36. The van der Waals surface area contributed by atoms with Gasteiger partial charge in [0.2, 0.25) is 0 Å². The SMILES string of the molecule is CC(C)[C@](C)(C#N)NC(=O)COC(=O)COc1ccccc1C1SCCS1. The summed E-state index contributed by atoms with van der Waals surface area (Å²) in [6.07, 6.45) is 0. The lowest BCUT2D eigenvalue weighted by Gasteiger charge is -2.27. The molecule has 0 aliphatic carbocycles. The summed E-state index contributed by atoms with van der Waals surface area (Å²) in [6, 6.07) is 9.71. The van der Waals surface area contributed by atoms with Crippen LogP contribution in [0.2, 0.25) is 0 Å². The van der Waals surface area contributed by atoms with Crippen molar-refractivity contribution in [2.75, 3.05) is 24.7 Å². The molecule has 1 N–H and O–H groups in total. The molecule has 27 heavy (non-hydrogen) atoms. The summed E-state index contributed by atoms with van der Waals surface area (Å²) in [5.74, 6) is 1.63. The first-order valence-corrected chi connectivity index (χ1v) is 10.8. The van der Waals surface area contributed by atoms with Crippen LogP contribution in [0.3, 0.4) is 0 Å². The van der Waals surface area contributed by atoms with Crippen LogP contribution in [0.4, 0.5) is 0 Å². The zero-order valence-corrected chi connectivity index (χ0v) is 17.3. The highest BCUT2D eigenvalue weighted by molar-refractivity contribution is 8.19. The first kappa shape index (κ1) is 21.5. The van der Waals surface area contributed by atoms with Crippen LogP contribution < -0.4 is 10.1 Å². The molecule has 146 valence electrons. The topological polar surface area (TPSA) is 88.4 Å². The van der Waals surface area contributed by atoms with E-state index in [2.05, 4.69) is 11.4 Å². The maximum absolute atomic E-state index is 11.9. The molecular weight excluding hydrogens is 384 g/mol. The van der Waals surface area contributed by atoms with Crippen molar-refractivity contribution in [3.8, 4) is 11.8 Å². The summed E-state index contributed by atoms with van der Waals surface area (Å²) in [5.41, 5.74) is 0.0486. The Balaban J connectivity index is 1.82. The highest BCUT2D eigenvalue weighted by atomic mass is 32.2. The molecule has 1 heterocycles. The lowest BCUT2D eigenvalue weighted by Crippen LogP contribution is -2.50. The van der Waals surface area contributed by atoms with Gasteiger partial charge in [-0.05, 0) is 18.9 Å². The fraction of sp³-hybridized carbons (Fsp3) is 0.526. The number of hydrogen-bond donors (Lipinski definition) is 1. The molecule has 0 bridgehead atoms. The van der Waals surface area contributed by atoms with Crippen molar-refractivity contribution >= 4 is 35.4 Å². The number of amides is 1. The number of hydrogen-bond acceptors (Lipinski definition) is 7. The molecule has 1 aromatic carbocycles. The van der Waals surface area contributed by atoms with E-state index in [1.54, 1.807) is 6.92 Å². The van der Waals surface area contributed by atoms with E-state index in [-0.39, 0.29) is 12.5 Å². The van der Waals surface area contributed by atoms with Crippen LogP contribution >= 0.6 is 23.5 Å². The van der Waals surface area contributed by atoms with Gasteiger partial charge in [0.15, 0.2) is 13.2 Å². The number of carbonyl (C=O) groups is 2. The average Bonchev–Trinajstić information content (AvgIpc) is 3.19. The normalized spacial score (nSPS) is 16.4. The van der Waals surface area contributed by atoms with Crippen molar-refractivity contribution in [2.24, 2.45) is 5.92 Å². The van der Waals surface area contributed by atoms with Crippen LogP contribution in [0.15, 0.2) is 24.3 Å². The van der Waals surface area contributed by atoms with E-state index in [0.29, 0.717) is 10.3 Å². The highest BCUT2D eigenvalue weighted by Crippen LogP contribution is 2.48. The molecule has 2 rings (SSSR count). The summed E-state index contributed by atoms with van der Waals surface area (Å²) in [6.45, 7) is 4.59. The zero-order valence-electron chi connectivity index (χ0n) is 15.7. The summed E-state index contributed by atoms with van der Waals surface area (Å²) in [5, 5.41) is 11.8. The highest BCUT2D eigenvalue weighted by Gasteiger charge is 2.30. The molecule has 8 heteroatoms. The number of nitriles is 1. The number of ether oxygens (including phenoxy) is 2. The van der Waals surface area contributed by atoms with E-state index < -0.39 is 24.0 Å². The molecular formula is C19H24N2O4S2. The van der Waals surface area contributed by atoms with E-state index in [4.69, 9.17) is 9.47 Å². The van der Waals surface area contributed by atoms with Gasteiger partial charge in [-0.2, -0.15) is 5.26 Å². The lowest BCUT2D eigenvalue weighted by atomic mass is 9.90. The van der Waals surface area contributed by atoms with Crippen LogP contribution in [0.5, 0.6) is 5.75 Å². The maximum atomic E-state index is 11.9. The number of para-hydroxylation sites is 1. The van der Waals surface area contributed by atoms with Crippen molar-refractivity contribution in [1.82, 2.24) is 5.32 Å². The van der Waals surface area contributed by atoms with Gasteiger partial charge in [-0.15, -0.1) is 23.5 Å². The monoisotopic (exact) mass is 408 g/mol. The number of benzene rings is 1. The fourth-order valence-electron chi connectivity index (χ4n) is 2.30. The summed E-state index contributed by atoms with van der Waals surface area (Å²) < 4.78 is 10.9. The third kappa shape index (κ3) is 6.08. The van der Waals surface area contributed by atoms with Crippen LogP contribution in [-0.2, 0) is 14.3 Å². The number of nitrogens with zero attached hydrogens (tertiary/aromatic N) is 1. The summed E-state index contributed by atoms with van der Waals surface area (Å²) >= 11 is 3.71. The molecule has 1 saturated heterocycles. The molecule has 0 saturated carbocycles. The fourth-order valence-corrected chi connectivity index (χ4v) is 5.20. The van der Waals surface area contributed by atoms with E-state index >= 15 is 0 Å². The van der Waals surface area contributed by atoms with E-state index in [1.807, 2.05) is 61.6 Å².